The average Bonchev–Trinajstić information content (AvgIpc) is 3.14. The summed E-state index contributed by atoms with van der Waals surface area (Å²) in [5.74, 6) is -1.31. The minimum atomic E-state index is -0.536. The largest absolute Gasteiger partial charge is 0.308 e. The lowest BCUT2D eigenvalue weighted by Gasteiger charge is -2.16. The fourth-order valence-corrected chi connectivity index (χ4v) is 4.67. The van der Waals surface area contributed by atoms with Gasteiger partial charge in [0.15, 0.2) is 4.32 Å². The molecule has 2 aromatic rings. The summed E-state index contributed by atoms with van der Waals surface area (Å²) in [4.78, 5) is 40.3. The van der Waals surface area contributed by atoms with Gasteiger partial charge in [-0.2, -0.15) is 5.01 Å². The predicted molar refractivity (Wildman–Crippen MR) is 117 cm³/mol. The van der Waals surface area contributed by atoms with Crippen molar-refractivity contribution in [2.75, 3.05) is 11.4 Å². The number of thioether (sulfide) groups is 1. The van der Waals surface area contributed by atoms with Gasteiger partial charge in [-0.25, -0.2) is 0 Å². The van der Waals surface area contributed by atoms with E-state index in [1.165, 1.54) is 6.07 Å². The molecule has 2 aliphatic heterocycles. The normalized spacial score (nSPS) is 18.5. The lowest BCUT2D eigenvalue weighted by molar-refractivity contribution is -0.124. The van der Waals surface area contributed by atoms with Gasteiger partial charge in [-0.1, -0.05) is 47.6 Å². The summed E-state index contributed by atoms with van der Waals surface area (Å²) in [7, 11) is 0. The van der Waals surface area contributed by atoms with Crippen molar-refractivity contribution in [3.63, 3.8) is 0 Å². The van der Waals surface area contributed by atoms with Crippen molar-refractivity contribution in [1.29, 1.82) is 0 Å². The number of halogens is 1. The van der Waals surface area contributed by atoms with Gasteiger partial charge in [0, 0.05) is 22.7 Å². The Morgan fingerprint density at radius 1 is 1.14 bits per heavy atom. The molecule has 0 saturated carbocycles. The number of carbonyl (C=O) groups excluding carboxylic acids is 3. The third-order valence-corrected chi connectivity index (χ3v) is 6.14. The third-order valence-electron chi connectivity index (χ3n) is 4.54. The second kappa shape index (κ2) is 7.62. The summed E-state index contributed by atoms with van der Waals surface area (Å²) in [6.45, 7) is 2.35. The molecule has 3 amide bonds. The van der Waals surface area contributed by atoms with E-state index in [2.05, 4.69) is 5.43 Å². The van der Waals surface area contributed by atoms with E-state index in [-0.39, 0.29) is 15.1 Å². The van der Waals surface area contributed by atoms with Crippen LogP contribution < -0.4 is 10.3 Å². The fourth-order valence-electron chi connectivity index (χ4n) is 3.22. The van der Waals surface area contributed by atoms with Crippen molar-refractivity contribution in [2.45, 2.75) is 6.92 Å². The third kappa shape index (κ3) is 3.33. The molecule has 2 aliphatic rings. The molecule has 0 spiro atoms. The van der Waals surface area contributed by atoms with Gasteiger partial charge in [-0.15, -0.1) is 0 Å². The lowest BCUT2D eigenvalue weighted by Crippen LogP contribution is -2.45. The number of carbonyl (C=O) groups is 3. The van der Waals surface area contributed by atoms with Gasteiger partial charge < -0.3 is 4.90 Å². The van der Waals surface area contributed by atoms with Gasteiger partial charge in [0.2, 0.25) is 0 Å². The first-order chi connectivity index (χ1) is 13.9. The molecule has 1 fully saturated rings. The van der Waals surface area contributed by atoms with Crippen molar-refractivity contribution in [3.05, 3.63) is 69.6 Å². The summed E-state index contributed by atoms with van der Waals surface area (Å²) in [5, 5.41) is 1.40. The van der Waals surface area contributed by atoms with Crippen molar-refractivity contribution in [2.24, 2.45) is 0 Å². The van der Waals surface area contributed by atoms with E-state index in [0.717, 1.165) is 22.5 Å². The number of benzene rings is 2. The SMILES string of the molecule is CCN1C(=O)/C(=C2\SC(=S)N(NC(=O)c3cccc(Cl)c3)C2=O)c2ccccc21. The first-order valence-corrected chi connectivity index (χ1v) is 10.3. The molecule has 6 nitrogen and oxygen atoms in total. The van der Waals surface area contributed by atoms with Crippen LogP contribution in [0, 0.1) is 0 Å². The lowest BCUT2D eigenvalue weighted by atomic mass is 10.1. The Morgan fingerprint density at radius 3 is 2.62 bits per heavy atom. The van der Waals surface area contributed by atoms with Crippen LogP contribution in [0.1, 0.15) is 22.8 Å². The number of thiocarbonyl (C=S) groups is 1. The number of hydrogen-bond acceptors (Lipinski definition) is 5. The van der Waals surface area contributed by atoms with Crippen LogP contribution in [0.2, 0.25) is 5.02 Å². The summed E-state index contributed by atoms with van der Waals surface area (Å²) in [6.07, 6.45) is 0. The molecule has 0 unspecified atom stereocenters. The smallest absolute Gasteiger partial charge is 0.286 e. The maximum atomic E-state index is 13.0. The summed E-state index contributed by atoms with van der Waals surface area (Å²) >= 11 is 12.2. The molecule has 0 atom stereocenters. The molecule has 0 bridgehead atoms. The van der Waals surface area contributed by atoms with E-state index in [1.54, 1.807) is 29.2 Å². The minimum Gasteiger partial charge on any atom is -0.308 e. The summed E-state index contributed by atoms with van der Waals surface area (Å²) in [6, 6.07) is 13.6. The Hall–Kier alpha value is -2.68. The average molecular weight is 444 g/mol. The number of likely N-dealkylation sites (N-methyl/N-ethyl adjacent to an activating group) is 1. The molecule has 2 aromatic carbocycles. The van der Waals surface area contributed by atoms with E-state index in [9.17, 15) is 14.4 Å². The molecular weight excluding hydrogens is 430 g/mol. The summed E-state index contributed by atoms with van der Waals surface area (Å²) in [5.41, 5.74) is 4.53. The Kier molecular flexibility index (Phi) is 5.16. The molecule has 0 aliphatic carbocycles. The first-order valence-electron chi connectivity index (χ1n) is 8.70. The maximum Gasteiger partial charge on any atom is 0.286 e. The van der Waals surface area contributed by atoms with E-state index < -0.39 is 11.8 Å². The molecule has 9 heteroatoms. The van der Waals surface area contributed by atoms with Gasteiger partial charge >= 0.3 is 0 Å². The molecule has 1 N–H and O–H groups in total. The van der Waals surface area contributed by atoms with Crippen LogP contribution in [0.15, 0.2) is 53.4 Å². The fraction of sp³-hybridized carbons (Fsp3) is 0.100. The van der Waals surface area contributed by atoms with Crippen LogP contribution >= 0.6 is 35.6 Å². The van der Waals surface area contributed by atoms with Crippen LogP contribution in [-0.2, 0) is 9.59 Å². The molecule has 0 radical (unpaired) electrons. The predicted octanol–water partition coefficient (Wildman–Crippen LogP) is 3.62. The second-order valence-corrected chi connectivity index (χ2v) is 8.31. The van der Waals surface area contributed by atoms with Gasteiger partial charge in [-0.05, 0) is 43.4 Å². The van der Waals surface area contributed by atoms with Crippen LogP contribution in [0.25, 0.3) is 5.57 Å². The Morgan fingerprint density at radius 2 is 1.90 bits per heavy atom. The number of nitrogens with one attached hydrogen (secondary N) is 1. The second-order valence-electron chi connectivity index (χ2n) is 6.23. The van der Waals surface area contributed by atoms with E-state index >= 15 is 0 Å². The van der Waals surface area contributed by atoms with Gasteiger partial charge in [0.05, 0.1) is 16.2 Å². The van der Waals surface area contributed by atoms with E-state index in [4.69, 9.17) is 23.8 Å². The molecule has 4 rings (SSSR count). The molecule has 29 heavy (non-hydrogen) atoms. The quantitative estimate of drug-likeness (QED) is 0.579. The van der Waals surface area contributed by atoms with Crippen LogP contribution in [0.5, 0.6) is 0 Å². The van der Waals surface area contributed by atoms with E-state index in [0.29, 0.717) is 28.3 Å². The number of nitrogens with zero attached hydrogens (tertiary/aromatic N) is 2. The molecule has 0 aromatic heterocycles. The van der Waals surface area contributed by atoms with Crippen molar-refractivity contribution in [3.8, 4) is 0 Å². The molecule has 1 saturated heterocycles. The van der Waals surface area contributed by atoms with Crippen molar-refractivity contribution >= 4 is 68.9 Å². The highest BCUT2D eigenvalue weighted by Gasteiger charge is 2.42. The zero-order chi connectivity index (χ0) is 20.7. The Balaban J connectivity index is 1.68. The van der Waals surface area contributed by atoms with E-state index in [1.807, 2.05) is 25.1 Å². The highest BCUT2D eigenvalue weighted by molar-refractivity contribution is 8.26. The van der Waals surface area contributed by atoms with Gasteiger partial charge in [0.1, 0.15) is 0 Å². The van der Waals surface area contributed by atoms with Crippen molar-refractivity contribution < 1.29 is 14.4 Å². The minimum absolute atomic E-state index is 0.146. The Bertz CT molecular complexity index is 1120. The topological polar surface area (TPSA) is 69.7 Å². The number of amides is 3. The monoisotopic (exact) mass is 443 g/mol. The van der Waals surface area contributed by atoms with Crippen molar-refractivity contribution in [1.82, 2.24) is 10.4 Å². The van der Waals surface area contributed by atoms with Crippen LogP contribution in [0.3, 0.4) is 0 Å². The highest BCUT2D eigenvalue weighted by Crippen LogP contribution is 2.44. The molecule has 146 valence electrons. The number of anilines is 1. The number of hydrazine groups is 1. The van der Waals surface area contributed by atoms with Crippen LogP contribution in [-0.4, -0.2) is 33.6 Å². The zero-order valence-electron chi connectivity index (χ0n) is 15.1. The highest BCUT2D eigenvalue weighted by atomic mass is 35.5. The summed E-state index contributed by atoms with van der Waals surface area (Å²) < 4.78 is 0.146. The molecular formula is C20H14ClN3O3S2. The zero-order valence-corrected chi connectivity index (χ0v) is 17.5. The first kappa shape index (κ1) is 19.6. The number of para-hydroxylation sites is 1. The number of rotatable bonds is 3. The maximum absolute atomic E-state index is 13.0. The van der Waals surface area contributed by atoms with Gasteiger partial charge in [0.25, 0.3) is 17.7 Å². The Labute approximate surface area is 181 Å². The standard InChI is InChI=1S/C20H14ClN3O3S2/c1-2-23-14-9-4-3-8-13(14)15(18(23)26)16-19(27)24(20(28)29-16)22-17(25)11-6-5-7-12(21)10-11/h3-10H,2H2,1H3,(H,22,25)/b16-15-. The van der Waals surface area contributed by atoms with Gasteiger partial charge in [-0.3, -0.25) is 19.8 Å². The molecule has 2 heterocycles. The van der Waals surface area contributed by atoms with Crippen LogP contribution in [0.4, 0.5) is 5.69 Å². The number of hydrogen-bond donors (Lipinski definition) is 1. The number of fused-ring (bicyclic) bond motifs is 1.